The first-order chi connectivity index (χ1) is 21.9. The van der Waals surface area contributed by atoms with E-state index < -0.39 is 23.5 Å². The minimum Gasteiger partial charge on any atom is -0.192 e. The molecule has 4 aromatic carbocycles. The van der Waals surface area contributed by atoms with E-state index in [1.165, 1.54) is 71.3 Å². The van der Waals surface area contributed by atoms with Crippen LogP contribution in [0.3, 0.4) is 0 Å². The molecule has 0 saturated heterocycles. The molecule has 0 bridgehead atoms. The molecular formula is C34H16F6N2S4. The average molecular weight is 695 g/mol. The van der Waals surface area contributed by atoms with Crippen molar-refractivity contribution < 1.29 is 26.3 Å². The third kappa shape index (κ3) is 6.62. The fourth-order valence-corrected chi connectivity index (χ4v) is 10.3. The van der Waals surface area contributed by atoms with E-state index in [-0.39, 0.29) is 0 Å². The molecule has 6 rings (SSSR count). The summed E-state index contributed by atoms with van der Waals surface area (Å²) in [5, 5.41) is 18.6. The standard InChI is InChI=1S/C34H16F6N2S4/c35-33(36,37)25-13-9-23(10-14-25)29-30(24-11-15-26(16-12-24)34(38,39)40)46-32(45-29)31-43-27(21-5-1-19(17-41)2-6-21)28(44-31)22-7-3-20(18-42)4-8-22/h1-16H. The van der Waals surface area contributed by atoms with Crippen LogP contribution in [-0.2, 0) is 12.4 Å². The summed E-state index contributed by atoms with van der Waals surface area (Å²) in [7, 11) is 0. The van der Waals surface area contributed by atoms with Gasteiger partial charge >= 0.3 is 12.4 Å². The highest BCUT2D eigenvalue weighted by Gasteiger charge is 2.35. The fourth-order valence-electron chi connectivity index (χ4n) is 4.54. The molecule has 0 radical (unpaired) electrons. The van der Waals surface area contributed by atoms with Gasteiger partial charge in [-0.3, -0.25) is 0 Å². The Labute approximate surface area is 276 Å². The smallest absolute Gasteiger partial charge is 0.192 e. The molecule has 0 saturated carbocycles. The number of halogens is 6. The van der Waals surface area contributed by atoms with Crippen LogP contribution < -0.4 is 0 Å². The molecule has 4 aromatic rings. The first kappa shape index (κ1) is 32.0. The van der Waals surface area contributed by atoms with E-state index in [2.05, 4.69) is 12.1 Å². The van der Waals surface area contributed by atoms with Crippen LogP contribution >= 0.6 is 47.0 Å². The highest BCUT2D eigenvalue weighted by Crippen LogP contribution is 2.66. The molecule has 0 fully saturated rings. The maximum absolute atomic E-state index is 13.3. The number of alkyl halides is 6. The quantitative estimate of drug-likeness (QED) is 0.198. The number of benzene rings is 4. The third-order valence-electron chi connectivity index (χ3n) is 6.86. The van der Waals surface area contributed by atoms with Crippen molar-refractivity contribution in [2.24, 2.45) is 0 Å². The molecule has 0 unspecified atom stereocenters. The molecule has 228 valence electrons. The average Bonchev–Trinajstić information content (AvgIpc) is 3.70. The predicted molar refractivity (Wildman–Crippen MR) is 176 cm³/mol. The topological polar surface area (TPSA) is 47.6 Å². The summed E-state index contributed by atoms with van der Waals surface area (Å²) >= 11 is 5.72. The van der Waals surface area contributed by atoms with Crippen molar-refractivity contribution in [2.75, 3.05) is 0 Å². The van der Waals surface area contributed by atoms with Crippen molar-refractivity contribution in [3.63, 3.8) is 0 Å². The fraction of sp³-hybridized carbons (Fsp3) is 0.0588. The summed E-state index contributed by atoms with van der Waals surface area (Å²) in [4.78, 5) is 3.10. The zero-order valence-corrected chi connectivity index (χ0v) is 26.3. The molecule has 12 heteroatoms. The van der Waals surface area contributed by atoms with Crippen molar-refractivity contribution >= 4 is 66.7 Å². The second-order valence-electron chi connectivity index (χ2n) is 9.83. The Morgan fingerprint density at radius 2 is 0.630 bits per heavy atom. The number of nitriles is 2. The van der Waals surface area contributed by atoms with Crippen LogP contribution in [0.1, 0.15) is 44.5 Å². The molecule has 2 nitrogen and oxygen atoms in total. The highest BCUT2D eigenvalue weighted by atomic mass is 32.2. The summed E-state index contributed by atoms with van der Waals surface area (Å²) in [5.41, 5.74) is 2.18. The van der Waals surface area contributed by atoms with Gasteiger partial charge in [-0.2, -0.15) is 36.9 Å². The van der Waals surface area contributed by atoms with Crippen LogP contribution in [0.5, 0.6) is 0 Å². The van der Waals surface area contributed by atoms with Crippen molar-refractivity contribution in [3.8, 4) is 12.1 Å². The van der Waals surface area contributed by atoms with Crippen LogP contribution in [0.2, 0.25) is 0 Å². The van der Waals surface area contributed by atoms with Crippen LogP contribution in [0.25, 0.3) is 19.6 Å². The van der Waals surface area contributed by atoms with Crippen LogP contribution in [0.4, 0.5) is 26.3 Å². The van der Waals surface area contributed by atoms with Gasteiger partial charge in [0.2, 0.25) is 0 Å². The van der Waals surface area contributed by atoms with Gasteiger partial charge in [-0.15, -0.1) is 0 Å². The Kier molecular flexibility index (Phi) is 8.83. The lowest BCUT2D eigenvalue weighted by Crippen LogP contribution is -2.04. The first-order valence-corrected chi connectivity index (χ1v) is 16.5. The molecular weight excluding hydrogens is 679 g/mol. The van der Waals surface area contributed by atoms with E-state index in [4.69, 9.17) is 0 Å². The lowest BCUT2D eigenvalue weighted by molar-refractivity contribution is -0.138. The molecule has 2 aliphatic heterocycles. The van der Waals surface area contributed by atoms with Crippen molar-refractivity contribution in [3.05, 3.63) is 150 Å². The molecule has 0 spiro atoms. The highest BCUT2D eigenvalue weighted by molar-refractivity contribution is 8.39. The zero-order chi connectivity index (χ0) is 32.6. The van der Waals surface area contributed by atoms with E-state index in [9.17, 15) is 36.9 Å². The van der Waals surface area contributed by atoms with E-state index in [0.717, 1.165) is 53.7 Å². The molecule has 0 aromatic heterocycles. The first-order valence-electron chi connectivity index (χ1n) is 13.2. The van der Waals surface area contributed by atoms with E-state index in [0.29, 0.717) is 32.1 Å². The molecule has 46 heavy (non-hydrogen) atoms. The number of thioether (sulfide) groups is 4. The lowest BCUT2D eigenvalue weighted by atomic mass is 10.1. The second kappa shape index (κ2) is 12.7. The Bertz CT molecular complexity index is 1850. The van der Waals surface area contributed by atoms with Crippen molar-refractivity contribution in [1.82, 2.24) is 0 Å². The number of nitrogens with zero attached hydrogens (tertiary/aromatic N) is 2. The predicted octanol–water partition coefficient (Wildman–Crippen LogP) is 11.9. The Hall–Kier alpha value is -3.94. The largest absolute Gasteiger partial charge is 0.416 e. The Balaban J connectivity index is 1.41. The van der Waals surface area contributed by atoms with Gasteiger partial charge in [0.15, 0.2) is 0 Å². The molecule has 0 atom stereocenters. The summed E-state index contributed by atoms with van der Waals surface area (Å²) in [6.45, 7) is 0. The van der Waals surface area contributed by atoms with Gasteiger partial charge in [0.1, 0.15) is 0 Å². The van der Waals surface area contributed by atoms with Gasteiger partial charge in [-0.05, 0) is 70.8 Å². The monoisotopic (exact) mass is 694 g/mol. The normalized spacial score (nSPS) is 15.4. The summed E-state index contributed by atoms with van der Waals surface area (Å²) < 4.78 is 81.6. The number of hydrogen-bond donors (Lipinski definition) is 0. The minimum absolute atomic E-state index is 0.506. The summed E-state index contributed by atoms with van der Waals surface area (Å²) in [6.07, 6.45) is -9.03. The van der Waals surface area contributed by atoms with Gasteiger partial charge in [-0.25, -0.2) is 0 Å². The second-order valence-corrected chi connectivity index (χ2v) is 14.4. The van der Waals surface area contributed by atoms with E-state index in [1.54, 1.807) is 24.3 Å². The summed E-state index contributed by atoms with van der Waals surface area (Å²) in [6, 6.07) is 28.0. The molecule has 0 aliphatic carbocycles. The number of rotatable bonds is 4. The van der Waals surface area contributed by atoms with Crippen molar-refractivity contribution in [1.29, 1.82) is 10.5 Å². The third-order valence-corrected chi connectivity index (χ3v) is 12.8. The Morgan fingerprint density at radius 1 is 0.391 bits per heavy atom. The van der Waals surface area contributed by atoms with Crippen molar-refractivity contribution in [2.45, 2.75) is 12.4 Å². The zero-order valence-electron chi connectivity index (χ0n) is 23.0. The van der Waals surface area contributed by atoms with Crippen LogP contribution in [0, 0.1) is 22.7 Å². The van der Waals surface area contributed by atoms with Crippen LogP contribution in [-0.4, -0.2) is 0 Å². The van der Waals surface area contributed by atoms with Gasteiger partial charge in [-0.1, -0.05) is 95.6 Å². The van der Waals surface area contributed by atoms with Crippen LogP contribution in [0.15, 0.2) is 106 Å². The minimum atomic E-state index is -4.51. The van der Waals surface area contributed by atoms with Gasteiger partial charge in [0.05, 0.1) is 42.9 Å². The molecule has 0 N–H and O–H groups in total. The SMILES string of the molecule is N#Cc1ccc(C2=C(c3ccc(C#N)cc3)SC(=C3SC(c4ccc(C(F)(F)F)cc4)=C(c4ccc(C(F)(F)F)cc4)S3)S2)cc1. The van der Waals surface area contributed by atoms with Gasteiger partial charge in [0, 0.05) is 19.6 Å². The van der Waals surface area contributed by atoms with Gasteiger partial charge < -0.3 is 0 Å². The molecule has 2 heterocycles. The lowest BCUT2D eigenvalue weighted by Gasteiger charge is -2.10. The Morgan fingerprint density at radius 3 is 0.848 bits per heavy atom. The summed E-state index contributed by atoms with van der Waals surface area (Å²) in [5.74, 6) is 0. The maximum atomic E-state index is 13.3. The maximum Gasteiger partial charge on any atom is 0.416 e. The van der Waals surface area contributed by atoms with E-state index >= 15 is 0 Å². The number of hydrogen-bond acceptors (Lipinski definition) is 6. The molecule has 2 aliphatic rings. The van der Waals surface area contributed by atoms with E-state index in [1.807, 2.05) is 24.3 Å². The molecule has 0 amide bonds. The van der Waals surface area contributed by atoms with Gasteiger partial charge in [0.25, 0.3) is 0 Å².